The first-order chi connectivity index (χ1) is 11.0. The van der Waals surface area contributed by atoms with Gasteiger partial charge in [-0.15, -0.1) is 22.7 Å². The molecule has 0 atom stereocenters. The quantitative estimate of drug-likeness (QED) is 0.724. The Labute approximate surface area is 143 Å². The minimum atomic E-state index is -0.236. The highest BCUT2D eigenvalue weighted by molar-refractivity contribution is 7.13. The molecular formula is C17H18FN3S2. The number of hydrogen-bond donors (Lipinski definition) is 1. The second kappa shape index (κ2) is 6.47. The van der Waals surface area contributed by atoms with Crippen LogP contribution in [0.25, 0.3) is 10.6 Å². The summed E-state index contributed by atoms with van der Waals surface area (Å²) >= 11 is 3.12. The van der Waals surface area contributed by atoms with Gasteiger partial charge in [-0.3, -0.25) is 0 Å². The largest absolute Gasteiger partial charge is 0.300 e. The van der Waals surface area contributed by atoms with Crippen molar-refractivity contribution in [3.8, 4) is 10.6 Å². The predicted octanol–water partition coefficient (Wildman–Crippen LogP) is 4.74. The van der Waals surface area contributed by atoms with E-state index in [0.29, 0.717) is 17.1 Å². The molecular weight excluding hydrogens is 329 g/mol. The molecule has 23 heavy (non-hydrogen) atoms. The van der Waals surface area contributed by atoms with E-state index in [1.165, 1.54) is 17.4 Å². The normalized spacial score (nSPS) is 11.8. The molecule has 1 N–H and O–H groups in total. The monoisotopic (exact) mass is 347 g/mol. The summed E-state index contributed by atoms with van der Waals surface area (Å²) in [4.78, 5) is 9.09. The van der Waals surface area contributed by atoms with Crippen LogP contribution in [0.15, 0.2) is 35.0 Å². The molecule has 6 heteroatoms. The Bertz CT molecular complexity index is 808. The number of benzene rings is 1. The summed E-state index contributed by atoms with van der Waals surface area (Å²) in [6.45, 7) is 6.83. The Morgan fingerprint density at radius 3 is 2.61 bits per heavy atom. The molecule has 2 heterocycles. The van der Waals surface area contributed by atoms with Crippen LogP contribution < -0.4 is 5.32 Å². The molecule has 0 amide bonds. The number of aromatic nitrogens is 2. The Balaban J connectivity index is 1.71. The van der Waals surface area contributed by atoms with E-state index < -0.39 is 0 Å². The van der Waals surface area contributed by atoms with Gasteiger partial charge in [0.15, 0.2) is 0 Å². The molecule has 0 radical (unpaired) electrons. The highest BCUT2D eigenvalue weighted by Gasteiger charge is 2.23. The van der Waals surface area contributed by atoms with E-state index in [1.807, 2.05) is 18.4 Å². The van der Waals surface area contributed by atoms with E-state index in [2.05, 4.69) is 34.5 Å². The second-order valence-electron chi connectivity index (χ2n) is 5.90. The summed E-state index contributed by atoms with van der Waals surface area (Å²) in [5, 5.41) is 9.27. The fourth-order valence-electron chi connectivity index (χ4n) is 2.17. The van der Waals surface area contributed by atoms with Crippen molar-refractivity contribution < 1.29 is 4.39 Å². The van der Waals surface area contributed by atoms with Gasteiger partial charge in [0.05, 0.1) is 11.2 Å². The Hall–Kier alpha value is -1.63. The van der Waals surface area contributed by atoms with E-state index >= 15 is 0 Å². The van der Waals surface area contributed by atoms with Crippen LogP contribution in [0.4, 0.5) is 4.39 Å². The van der Waals surface area contributed by atoms with Crippen molar-refractivity contribution in [1.82, 2.24) is 15.3 Å². The van der Waals surface area contributed by atoms with Crippen molar-refractivity contribution >= 4 is 22.7 Å². The van der Waals surface area contributed by atoms with E-state index in [4.69, 9.17) is 0 Å². The number of nitrogens with one attached hydrogen (secondary N) is 1. The Kier molecular flexibility index (Phi) is 4.57. The van der Waals surface area contributed by atoms with Crippen LogP contribution in [-0.4, -0.2) is 9.97 Å². The summed E-state index contributed by atoms with van der Waals surface area (Å²) in [5.41, 5.74) is 2.28. The number of aryl methyl sites for hydroxylation is 1. The SMILES string of the molecule is Cc1csc(C(C)(C)NCc2csc(-c3ccccc3F)n2)n1. The van der Waals surface area contributed by atoms with Crippen LogP contribution in [0.2, 0.25) is 0 Å². The smallest absolute Gasteiger partial charge is 0.133 e. The third kappa shape index (κ3) is 3.65. The lowest BCUT2D eigenvalue weighted by Crippen LogP contribution is -2.36. The van der Waals surface area contributed by atoms with Gasteiger partial charge in [0.1, 0.15) is 15.8 Å². The molecule has 3 rings (SSSR count). The Morgan fingerprint density at radius 1 is 1.13 bits per heavy atom. The van der Waals surface area contributed by atoms with Gasteiger partial charge in [0.2, 0.25) is 0 Å². The van der Waals surface area contributed by atoms with E-state index in [9.17, 15) is 4.39 Å². The van der Waals surface area contributed by atoms with Crippen molar-refractivity contribution in [2.24, 2.45) is 0 Å². The number of rotatable bonds is 5. The average Bonchev–Trinajstić information content (AvgIpc) is 3.15. The van der Waals surface area contributed by atoms with Gasteiger partial charge in [-0.25, -0.2) is 14.4 Å². The number of hydrogen-bond acceptors (Lipinski definition) is 5. The van der Waals surface area contributed by atoms with Gasteiger partial charge in [0.25, 0.3) is 0 Å². The fraction of sp³-hybridized carbons (Fsp3) is 0.294. The van der Waals surface area contributed by atoms with Crippen LogP contribution >= 0.6 is 22.7 Å². The molecule has 0 aliphatic carbocycles. The predicted molar refractivity (Wildman–Crippen MR) is 94.2 cm³/mol. The van der Waals surface area contributed by atoms with Gasteiger partial charge >= 0.3 is 0 Å². The molecule has 3 nitrogen and oxygen atoms in total. The zero-order valence-corrected chi connectivity index (χ0v) is 14.9. The molecule has 0 saturated heterocycles. The van der Waals surface area contributed by atoms with Crippen molar-refractivity contribution in [2.45, 2.75) is 32.9 Å². The third-order valence-electron chi connectivity index (χ3n) is 3.52. The molecule has 3 aromatic rings. The zero-order valence-electron chi connectivity index (χ0n) is 13.3. The molecule has 0 spiro atoms. The third-order valence-corrected chi connectivity index (χ3v) is 5.73. The second-order valence-corrected chi connectivity index (χ2v) is 7.61. The lowest BCUT2D eigenvalue weighted by molar-refractivity contribution is 0.397. The lowest BCUT2D eigenvalue weighted by Gasteiger charge is -2.23. The van der Waals surface area contributed by atoms with E-state index in [0.717, 1.165) is 16.4 Å². The molecule has 0 saturated carbocycles. The van der Waals surface area contributed by atoms with Gasteiger partial charge in [-0.2, -0.15) is 0 Å². The van der Waals surface area contributed by atoms with E-state index in [-0.39, 0.29) is 11.4 Å². The summed E-state index contributed by atoms with van der Waals surface area (Å²) < 4.78 is 13.8. The van der Waals surface area contributed by atoms with Crippen LogP contribution in [-0.2, 0) is 12.1 Å². The highest BCUT2D eigenvalue weighted by atomic mass is 32.1. The van der Waals surface area contributed by atoms with Gasteiger partial charge < -0.3 is 5.32 Å². The van der Waals surface area contributed by atoms with Gasteiger partial charge in [-0.1, -0.05) is 12.1 Å². The van der Waals surface area contributed by atoms with E-state index in [1.54, 1.807) is 23.5 Å². The molecule has 0 fully saturated rings. The van der Waals surface area contributed by atoms with Crippen LogP contribution in [0.5, 0.6) is 0 Å². The summed E-state index contributed by atoms with van der Waals surface area (Å²) in [5.74, 6) is -0.236. The van der Waals surface area contributed by atoms with Crippen LogP contribution in [0, 0.1) is 12.7 Å². The minimum Gasteiger partial charge on any atom is -0.300 e. The van der Waals surface area contributed by atoms with Gasteiger partial charge in [-0.05, 0) is 32.9 Å². The van der Waals surface area contributed by atoms with Crippen molar-refractivity contribution in [3.05, 3.63) is 57.2 Å². The first kappa shape index (κ1) is 16.2. The average molecular weight is 347 g/mol. The van der Waals surface area contributed by atoms with Crippen molar-refractivity contribution in [3.63, 3.8) is 0 Å². The number of thiazole rings is 2. The maximum absolute atomic E-state index is 13.8. The molecule has 2 aromatic heterocycles. The van der Waals surface area contributed by atoms with Crippen LogP contribution in [0.1, 0.15) is 30.2 Å². The van der Waals surface area contributed by atoms with Gasteiger partial charge in [0, 0.05) is 28.6 Å². The summed E-state index contributed by atoms with van der Waals surface area (Å²) in [6, 6.07) is 6.73. The summed E-state index contributed by atoms with van der Waals surface area (Å²) in [7, 11) is 0. The summed E-state index contributed by atoms with van der Waals surface area (Å²) in [6.07, 6.45) is 0. The number of nitrogens with zero attached hydrogens (tertiary/aromatic N) is 2. The zero-order chi connectivity index (χ0) is 16.4. The molecule has 0 aliphatic rings. The maximum Gasteiger partial charge on any atom is 0.133 e. The topological polar surface area (TPSA) is 37.8 Å². The fourth-order valence-corrected chi connectivity index (χ4v) is 3.92. The van der Waals surface area contributed by atoms with Crippen molar-refractivity contribution in [2.75, 3.05) is 0 Å². The molecule has 0 unspecified atom stereocenters. The Morgan fingerprint density at radius 2 is 1.91 bits per heavy atom. The first-order valence-corrected chi connectivity index (χ1v) is 9.08. The van der Waals surface area contributed by atoms with Crippen molar-refractivity contribution in [1.29, 1.82) is 0 Å². The molecule has 120 valence electrons. The highest BCUT2D eigenvalue weighted by Crippen LogP contribution is 2.27. The maximum atomic E-state index is 13.8. The molecule has 1 aromatic carbocycles. The molecule has 0 aliphatic heterocycles. The standard InChI is InChI=1S/C17H18FN3S2/c1-11-9-23-16(20-11)17(2,3)19-8-12-10-22-15(21-12)13-6-4-5-7-14(13)18/h4-7,9-10,19H,8H2,1-3H3. The lowest BCUT2D eigenvalue weighted by atomic mass is 10.1. The number of halogens is 1. The minimum absolute atomic E-state index is 0.222. The van der Waals surface area contributed by atoms with Crippen LogP contribution in [0.3, 0.4) is 0 Å². The molecule has 0 bridgehead atoms. The first-order valence-electron chi connectivity index (χ1n) is 7.32.